The van der Waals surface area contributed by atoms with E-state index >= 15 is 0 Å². The van der Waals surface area contributed by atoms with E-state index in [4.69, 9.17) is 5.73 Å². The molecule has 0 aliphatic rings. The second-order valence-electron chi connectivity index (χ2n) is 6.57. The molecule has 0 amide bonds. The van der Waals surface area contributed by atoms with E-state index < -0.39 is 0 Å². The Labute approximate surface area is 129 Å². The number of hydrogen-bond acceptors (Lipinski definition) is 1. The maximum atomic E-state index is 6.41. The molecule has 0 aromatic heterocycles. The van der Waals surface area contributed by atoms with Crippen molar-refractivity contribution in [3.05, 3.63) is 70.3 Å². The third-order valence-corrected chi connectivity index (χ3v) is 4.05. The fourth-order valence-electron chi connectivity index (χ4n) is 2.72. The van der Waals surface area contributed by atoms with E-state index in [0.29, 0.717) is 5.92 Å². The minimum atomic E-state index is 0.0687. The van der Waals surface area contributed by atoms with E-state index in [2.05, 4.69) is 70.2 Å². The highest BCUT2D eigenvalue weighted by atomic mass is 14.6. The maximum absolute atomic E-state index is 6.41. The second kappa shape index (κ2) is 6.91. The van der Waals surface area contributed by atoms with Crippen LogP contribution in [0.3, 0.4) is 0 Å². The molecule has 1 atom stereocenters. The molecule has 0 radical (unpaired) electrons. The van der Waals surface area contributed by atoms with Gasteiger partial charge in [0.25, 0.3) is 0 Å². The van der Waals surface area contributed by atoms with Crippen LogP contribution in [0.25, 0.3) is 0 Å². The van der Waals surface area contributed by atoms with Gasteiger partial charge in [0, 0.05) is 6.04 Å². The first-order chi connectivity index (χ1) is 9.95. The highest BCUT2D eigenvalue weighted by Gasteiger charge is 2.09. The van der Waals surface area contributed by atoms with E-state index in [9.17, 15) is 0 Å². The zero-order valence-corrected chi connectivity index (χ0v) is 13.7. The quantitative estimate of drug-likeness (QED) is 0.841. The fraction of sp³-hybridized carbons (Fsp3) is 0.400. The predicted octanol–water partition coefficient (Wildman–Crippen LogP) is 4.74. The van der Waals surface area contributed by atoms with Gasteiger partial charge in [0.2, 0.25) is 0 Å². The predicted molar refractivity (Wildman–Crippen MR) is 91.5 cm³/mol. The molecule has 0 saturated heterocycles. The van der Waals surface area contributed by atoms with Crippen molar-refractivity contribution >= 4 is 0 Å². The number of rotatable bonds is 5. The summed E-state index contributed by atoms with van der Waals surface area (Å²) in [6.07, 6.45) is 2.01. The molecule has 1 heteroatoms. The van der Waals surface area contributed by atoms with Crippen LogP contribution in [-0.4, -0.2) is 0 Å². The van der Waals surface area contributed by atoms with Crippen LogP contribution >= 0.6 is 0 Å². The molecular formula is C20H27N. The highest BCUT2D eigenvalue weighted by Crippen LogP contribution is 2.20. The van der Waals surface area contributed by atoms with Crippen LogP contribution in [0, 0.1) is 19.8 Å². The van der Waals surface area contributed by atoms with Crippen LogP contribution in [0.15, 0.2) is 42.5 Å². The highest BCUT2D eigenvalue weighted by molar-refractivity contribution is 5.32. The SMILES string of the molecule is Cc1ccc(CC(N)c2cccc(CC(C)C)c2)cc1C. The Bertz CT molecular complexity index is 599. The number of hydrogen-bond donors (Lipinski definition) is 1. The Balaban J connectivity index is 2.12. The van der Waals surface area contributed by atoms with E-state index in [1.165, 1.54) is 27.8 Å². The Morgan fingerprint density at radius 1 is 0.857 bits per heavy atom. The normalized spacial score (nSPS) is 12.7. The number of nitrogens with two attached hydrogens (primary N) is 1. The van der Waals surface area contributed by atoms with Crippen molar-refractivity contribution in [2.45, 2.75) is 46.6 Å². The number of aryl methyl sites for hydroxylation is 2. The fourth-order valence-corrected chi connectivity index (χ4v) is 2.72. The molecule has 0 spiro atoms. The summed E-state index contributed by atoms with van der Waals surface area (Å²) in [5, 5.41) is 0. The average molecular weight is 281 g/mol. The van der Waals surface area contributed by atoms with Gasteiger partial charge in [-0.05, 0) is 60.4 Å². The van der Waals surface area contributed by atoms with Crippen LogP contribution in [-0.2, 0) is 12.8 Å². The lowest BCUT2D eigenvalue weighted by Crippen LogP contribution is -2.14. The van der Waals surface area contributed by atoms with Gasteiger partial charge in [0.05, 0.1) is 0 Å². The Morgan fingerprint density at radius 2 is 1.57 bits per heavy atom. The molecule has 0 aliphatic heterocycles. The minimum Gasteiger partial charge on any atom is -0.324 e. The second-order valence-corrected chi connectivity index (χ2v) is 6.57. The molecule has 1 nitrogen and oxygen atoms in total. The summed E-state index contributed by atoms with van der Waals surface area (Å²) in [6, 6.07) is 15.5. The smallest absolute Gasteiger partial charge is 0.0335 e. The zero-order valence-electron chi connectivity index (χ0n) is 13.7. The van der Waals surface area contributed by atoms with Crippen molar-refractivity contribution in [1.29, 1.82) is 0 Å². The molecule has 0 heterocycles. The van der Waals surface area contributed by atoms with Crippen molar-refractivity contribution in [1.82, 2.24) is 0 Å². The van der Waals surface area contributed by atoms with E-state index in [-0.39, 0.29) is 6.04 Å². The summed E-state index contributed by atoms with van der Waals surface area (Å²) in [6.45, 7) is 8.81. The summed E-state index contributed by atoms with van der Waals surface area (Å²) in [7, 11) is 0. The van der Waals surface area contributed by atoms with Gasteiger partial charge in [0.15, 0.2) is 0 Å². The van der Waals surface area contributed by atoms with Gasteiger partial charge < -0.3 is 5.73 Å². The molecular weight excluding hydrogens is 254 g/mol. The summed E-state index contributed by atoms with van der Waals surface area (Å²) < 4.78 is 0. The van der Waals surface area contributed by atoms with Crippen LogP contribution < -0.4 is 5.73 Å². The first-order valence-electron chi connectivity index (χ1n) is 7.86. The van der Waals surface area contributed by atoms with Crippen LogP contribution in [0.1, 0.15) is 47.7 Å². The first kappa shape index (κ1) is 15.8. The third kappa shape index (κ3) is 4.44. The molecule has 112 valence electrons. The summed E-state index contributed by atoms with van der Waals surface area (Å²) in [4.78, 5) is 0. The molecule has 0 saturated carbocycles. The first-order valence-corrected chi connectivity index (χ1v) is 7.86. The van der Waals surface area contributed by atoms with Gasteiger partial charge in [0.1, 0.15) is 0 Å². The molecule has 2 N–H and O–H groups in total. The van der Waals surface area contributed by atoms with E-state index in [1.54, 1.807) is 0 Å². The molecule has 1 unspecified atom stereocenters. The molecule has 0 fully saturated rings. The molecule has 0 bridgehead atoms. The van der Waals surface area contributed by atoms with E-state index in [1.807, 2.05) is 0 Å². The van der Waals surface area contributed by atoms with Crippen molar-refractivity contribution in [2.24, 2.45) is 11.7 Å². The van der Waals surface area contributed by atoms with Gasteiger partial charge in [-0.15, -0.1) is 0 Å². The largest absolute Gasteiger partial charge is 0.324 e. The maximum Gasteiger partial charge on any atom is 0.0335 e. The van der Waals surface area contributed by atoms with Crippen molar-refractivity contribution < 1.29 is 0 Å². The zero-order chi connectivity index (χ0) is 15.4. The molecule has 0 aliphatic carbocycles. The number of benzene rings is 2. The van der Waals surface area contributed by atoms with Crippen molar-refractivity contribution in [3.8, 4) is 0 Å². The van der Waals surface area contributed by atoms with Gasteiger partial charge in [-0.3, -0.25) is 0 Å². The van der Waals surface area contributed by atoms with Crippen LogP contribution in [0.4, 0.5) is 0 Å². The molecule has 21 heavy (non-hydrogen) atoms. The third-order valence-electron chi connectivity index (χ3n) is 4.05. The van der Waals surface area contributed by atoms with Gasteiger partial charge >= 0.3 is 0 Å². The molecule has 2 rings (SSSR count). The Kier molecular flexibility index (Phi) is 5.19. The van der Waals surface area contributed by atoms with Crippen LogP contribution in [0.2, 0.25) is 0 Å². The lowest BCUT2D eigenvalue weighted by atomic mass is 9.94. The van der Waals surface area contributed by atoms with Gasteiger partial charge in [-0.2, -0.15) is 0 Å². The summed E-state index contributed by atoms with van der Waals surface area (Å²) >= 11 is 0. The lowest BCUT2D eigenvalue weighted by molar-refractivity contribution is 0.644. The Hall–Kier alpha value is -1.60. The average Bonchev–Trinajstić information content (AvgIpc) is 2.42. The molecule has 2 aromatic rings. The lowest BCUT2D eigenvalue weighted by Gasteiger charge is -2.15. The Morgan fingerprint density at radius 3 is 2.24 bits per heavy atom. The monoisotopic (exact) mass is 281 g/mol. The van der Waals surface area contributed by atoms with E-state index in [0.717, 1.165) is 12.8 Å². The minimum absolute atomic E-state index is 0.0687. The summed E-state index contributed by atoms with van der Waals surface area (Å²) in [5.74, 6) is 0.677. The summed E-state index contributed by atoms with van der Waals surface area (Å²) in [5.41, 5.74) is 13.0. The van der Waals surface area contributed by atoms with Gasteiger partial charge in [-0.1, -0.05) is 56.3 Å². The molecule has 2 aromatic carbocycles. The van der Waals surface area contributed by atoms with Crippen LogP contribution in [0.5, 0.6) is 0 Å². The standard InChI is InChI=1S/C20H27N/c1-14(2)10-17-6-5-7-19(12-17)20(21)13-18-9-8-15(3)16(4)11-18/h5-9,11-12,14,20H,10,13,21H2,1-4H3. The topological polar surface area (TPSA) is 26.0 Å². The van der Waals surface area contributed by atoms with Crippen molar-refractivity contribution in [3.63, 3.8) is 0 Å². The van der Waals surface area contributed by atoms with Crippen molar-refractivity contribution in [2.75, 3.05) is 0 Å². The van der Waals surface area contributed by atoms with Gasteiger partial charge in [-0.25, -0.2) is 0 Å².